The van der Waals surface area contributed by atoms with E-state index in [4.69, 9.17) is 0 Å². The van der Waals surface area contributed by atoms with Gasteiger partial charge in [-0.15, -0.1) is 0 Å². The minimum atomic E-state index is -5.69. The quantitative estimate of drug-likeness (QED) is 0.265. The molecule has 0 aliphatic heterocycles. The Hall–Kier alpha value is -1.01. The normalized spacial score (nSPS) is 12.4. The molecule has 0 atom stereocenters. The lowest BCUT2D eigenvalue weighted by Crippen LogP contribution is -2.28. The lowest BCUT2D eigenvalue weighted by Gasteiger charge is -2.09. The van der Waals surface area contributed by atoms with Gasteiger partial charge in [0.05, 0.1) is 12.0 Å². The van der Waals surface area contributed by atoms with E-state index in [1.165, 1.54) is 12.1 Å². The highest BCUT2D eigenvalue weighted by Gasteiger charge is 2.48. The van der Waals surface area contributed by atoms with Crippen LogP contribution in [0, 0.1) is 0 Å². The van der Waals surface area contributed by atoms with Gasteiger partial charge in [-0.1, -0.05) is 0 Å². The molecule has 0 bridgehead atoms. The average Bonchev–Trinajstić information content (AvgIpc) is 2.26. The van der Waals surface area contributed by atoms with Gasteiger partial charge in [0.25, 0.3) is 0 Å². The van der Waals surface area contributed by atoms with E-state index in [-0.39, 0.29) is 0 Å². The van der Waals surface area contributed by atoms with Crippen molar-refractivity contribution >= 4 is 22.2 Å². The molecule has 0 aromatic heterocycles. The van der Waals surface area contributed by atoms with Gasteiger partial charge in [-0.05, 0) is 24.3 Å². The molecule has 0 amide bonds. The molecule has 0 saturated heterocycles. The molecule has 0 aliphatic rings. The van der Waals surface area contributed by atoms with Crippen LogP contribution in [0.2, 0.25) is 0 Å². The average molecular weight is 305 g/mol. The fraction of sp³-hybridized carbons (Fsp3) is 0.143. The van der Waals surface area contributed by atoms with Crippen molar-refractivity contribution in [3.05, 3.63) is 24.3 Å². The summed E-state index contributed by atoms with van der Waals surface area (Å²) in [5.74, 6) is -0.528. The first-order chi connectivity index (χ1) is 8.26. The van der Waals surface area contributed by atoms with Crippen LogP contribution < -0.4 is 9.44 Å². The zero-order valence-electron chi connectivity index (χ0n) is 8.21. The number of halogens is 3. The van der Waals surface area contributed by atoms with Crippen molar-refractivity contribution in [2.75, 3.05) is 0 Å². The Balaban J connectivity index is 2.76. The summed E-state index contributed by atoms with van der Waals surface area (Å²) in [5, 5.41) is 12.5. The highest BCUT2D eigenvalue weighted by molar-refractivity contribution is 7.94. The van der Waals surface area contributed by atoms with Crippen LogP contribution in [0.1, 0.15) is 0 Å². The second-order valence-electron chi connectivity index (χ2n) is 2.67. The summed E-state index contributed by atoms with van der Waals surface area (Å²) in [6.45, 7) is 0. The Morgan fingerprint density at radius 1 is 1.17 bits per heavy atom. The first-order valence-electron chi connectivity index (χ1n) is 4.00. The summed E-state index contributed by atoms with van der Waals surface area (Å²) < 4.78 is 65.0. The van der Waals surface area contributed by atoms with Crippen LogP contribution in [0.15, 0.2) is 29.2 Å². The van der Waals surface area contributed by atoms with Crippen molar-refractivity contribution in [1.29, 1.82) is 0 Å². The van der Waals surface area contributed by atoms with Crippen LogP contribution in [-0.2, 0) is 19.5 Å². The van der Waals surface area contributed by atoms with Crippen molar-refractivity contribution in [3.8, 4) is 5.75 Å². The maximum absolute atomic E-state index is 12.0. The van der Waals surface area contributed by atoms with Crippen LogP contribution >= 0.6 is 12.0 Å². The van der Waals surface area contributed by atoms with Gasteiger partial charge >= 0.3 is 15.6 Å². The first kappa shape index (κ1) is 15.0. The van der Waals surface area contributed by atoms with E-state index in [0.29, 0.717) is 16.9 Å². The molecule has 0 radical (unpaired) electrons. The fourth-order valence-corrected chi connectivity index (χ4v) is 1.59. The summed E-state index contributed by atoms with van der Waals surface area (Å²) in [7, 11) is -5.69. The molecular formula is C7H4F3O6S2-. The Morgan fingerprint density at radius 2 is 1.72 bits per heavy atom. The maximum Gasteiger partial charge on any atom is 0.534 e. The van der Waals surface area contributed by atoms with Crippen molar-refractivity contribution in [1.82, 2.24) is 0 Å². The Bertz CT molecular complexity index is 483. The monoisotopic (exact) mass is 305 g/mol. The summed E-state index contributed by atoms with van der Waals surface area (Å²) in [5.41, 5.74) is -5.50. The fourth-order valence-electron chi connectivity index (χ4n) is 0.778. The van der Waals surface area contributed by atoms with Gasteiger partial charge in [0.15, 0.2) is 0 Å². The topological polar surface area (TPSA) is 84.9 Å². The molecule has 1 aromatic rings. The Labute approximate surface area is 103 Å². The molecule has 0 N–H and O–H groups in total. The van der Waals surface area contributed by atoms with Crippen LogP contribution in [-0.4, -0.2) is 13.9 Å². The zero-order valence-corrected chi connectivity index (χ0v) is 9.84. The molecule has 11 heteroatoms. The third-order valence-electron chi connectivity index (χ3n) is 1.47. The largest absolute Gasteiger partial charge is 0.691 e. The molecule has 1 aromatic carbocycles. The van der Waals surface area contributed by atoms with Gasteiger partial charge in [-0.2, -0.15) is 25.9 Å². The van der Waals surface area contributed by atoms with E-state index in [0.717, 1.165) is 12.1 Å². The summed E-state index contributed by atoms with van der Waals surface area (Å²) in [4.78, 5) is 0.294. The summed E-state index contributed by atoms with van der Waals surface area (Å²) >= 11 is 0.491. The predicted molar refractivity (Wildman–Crippen MR) is 50.1 cm³/mol. The van der Waals surface area contributed by atoms with Gasteiger partial charge in [0.1, 0.15) is 5.75 Å². The standard InChI is InChI=1S/C7H5F3O6S2/c8-7(9,10)18(12,13)14-5-1-3-6(4-2-5)17-16-15-11/h1-4,11H/p-1. The molecular weight excluding hydrogens is 301 g/mol. The Morgan fingerprint density at radius 3 is 2.17 bits per heavy atom. The number of hydrogen-bond acceptors (Lipinski definition) is 7. The first-order valence-corrected chi connectivity index (χ1v) is 6.15. The molecule has 0 saturated carbocycles. The maximum atomic E-state index is 12.0. The van der Waals surface area contributed by atoms with Crippen molar-refractivity contribution in [3.63, 3.8) is 0 Å². The molecule has 1 rings (SSSR count). The van der Waals surface area contributed by atoms with Gasteiger partial charge < -0.3 is 9.44 Å². The van der Waals surface area contributed by atoms with Gasteiger partial charge in [-0.25, -0.2) is 0 Å². The summed E-state index contributed by atoms with van der Waals surface area (Å²) in [6.07, 6.45) is 0. The van der Waals surface area contributed by atoms with E-state index >= 15 is 0 Å². The molecule has 0 aliphatic carbocycles. The second-order valence-corrected chi connectivity index (χ2v) is 4.99. The van der Waals surface area contributed by atoms with Crippen LogP contribution in [0.4, 0.5) is 13.2 Å². The molecule has 6 nitrogen and oxygen atoms in total. The molecule has 0 fully saturated rings. The lowest BCUT2D eigenvalue weighted by atomic mass is 10.3. The summed E-state index contributed by atoms with van der Waals surface area (Å²) in [6, 6.07) is 4.26. The SMILES string of the molecule is O=S(=O)(Oc1ccc(SOO[O-])cc1)C(F)(F)F. The highest BCUT2D eigenvalue weighted by Crippen LogP contribution is 2.28. The van der Waals surface area contributed by atoms with Gasteiger partial charge in [0.2, 0.25) is 0 Å². The molecule has 18 heavy (non-hydrogen) atoms. The third-order valence-corrected chi connectivity index (χ3v) is 3.04. The van der Waals surface area contributed by atoms with Gasteiger partial charge in [-0.3, -0.25) is 5.04 Å². The van der Waals surface area contributed by atoms with E-state index in [1.54, 1.807) is 0 Å². The zero-order chi connectivity index (χ0) is 13.8. The highest BCUT2D eigenvalue weighted by atomic mass is 32.2. The smallest absolute Gasteiger partial charge is 0.534 e. The molecule has 0 heterocycles. The van der Waals surface area contributed by atoms with Crippen molar-refractivity contribution in [2.45, 2.75) is 10.4 Å². The predicted octanol–water partition coefficient (Wildman–Crippen LogP) is 1.15. The minimum absolute atomic E-state index is 0.294. The third kappa shape index (κ3) is 4.03. The van der Waals surface area contributed by atoms with Crippen LogP contribution in [0.25, 0.3) is 0 Å². The van der Waals surface area contributed by atoms with Crippen LogP contribution in [0.5, 0.6) is 5.75 Å². The Kier molecular flexibility index (Phi) is 4.81. The van der Waals surface area contributed by atoms with E-state index in [2.05, 4.69) is 13.6 Å². The van der Waals surface area contributed by atoms with E-state index in [1.807, 2.05) is 0 Å². The number of benzene rings is 1. The minimum Gasteiger partial charge on any atom is -0.691 e. The van der Waals surface area contributed by atoms with Crippen molar-refractivity contribution < 1.29 is 40.4 Å². The molecule has 0 unspecified atom stereocenters. The van der Waals surface area contributed by atoms with Gasteiger partial charge in [0, 0.05) is 4.90 Å². The van der Waals surface area contributed by atoms with E-state index in [9.17, 15) is 26.8 Å². The molecule has 0 spiro atoms. The number of rotatable bonds is 5. The lowest BCUT2D eigenvalue weighted by molar-refractivity contribution is -0.777. The second kappa shape index (κ2) is 5.75. The van der Waals surface area contributed by atoms with Crippen LogP contribution in [0.3, 0.4) is 0 Å². The molecule has 102 valence electrons. The van der Waals surface area contributed by atoms with Crippen molar-refractivity contribution in [2.24, 2.45) is 0 Å². The van der Waals surface area contributed by atoms with E-state index < -0.39 is 21.4 Å². The number of alkyl halides is 3. The number of hydrogen-bond donors (Lipinski definition) is 0.